The van der Waals surface area contributed by atoms with Crippen molar-refractivity contribution < 1.29 is 27.1 Å². The molecule has 0 radical (unpaired) electrons. The first-order valence-electron chi connectivity index (χ1n) is 6.66. The highest BCUT2D eigenvalue weighted by molar-refractivity contribution is 6.33. The summed E-state index contributed by atoms with van der Waals surface area (Å²) in [5, 5.41) is 0.254. The van der Waals surface area contributed by atoms with Crippen molar-refractivity contribution in [3.8, 4) is 0 Å². The Bertz CT molecular complexity index is 598. The molecule has 1 aromatic carbocycles. The van der Waals surface area contributed by atoms with Crippen LogP contribution in [0.4, 0.5) is 23.2 Å². The molecule has 1 heterocycles. The highest BCUT2D eigenvalue weighted by Crippen LogP contribution is 2.40. The minimum absolute atomic E-state index is 0.0780. The van der Waals surface area contributed by atoms with E-state index in [0.717, 1.165) is 0 Å². The van der Waals surface area contributed by atoms with Crippen LogP contribution in [0.1, 0.15) is 6.92 Å². The Morgan fingerprint density at radius 2 is 1.87 bits per heavy atom. The molecule has 0 aliphatic carbocycles. The number of rotatable bonds is 5. The summed E-state index contributed by atoms with van der Waals surface area (Å²) in [6.07, 6.45) is -3.26. The summed E-state index contributed by atoms with van der Waals surface area (Å²) < 4.78 is 58.2. The summed E-state index contributed by atoms with van der Waals surface area (Å²) in [7, 11) is 0. The lowest BCUT2D eigenvalue weighted by Gasteiger charge is -2.33. The molecule has 1 unspecified atom stereocenters. The van der Waals surface area contributed by atoms with E-state index in [0.29, 0.717) is 5.01 Å². The number of carbonyl (C=O) groups excluding carboxylic acids is 1. The van der Waals surface area contributed by atoms with E-state index in [2.05, 4.69) is 4.74 Å². The first kappa shape index (κ1) is 17.6. The molecule has 1 aromatic rings. The predicted octanol–water partition coefficient (Wildman–Crippen LogP) is 3.59. The van der Waals surface area contributed by atoms with Gasteiger partial charge >= 0.3 is 12.5 Å². The van der Waals surface area contributed by atoms with Crippen molar-refractivity contribution in [1.29, 1.82) is 0 Å². The Balaban J connectivity index is 2.56. The minimum atomic E-state index is -3.30. The number of alkyl halides is 4. The maximum Gasteiger partial charge on any atom is 0.339 e. The molecule has 0 saturated carbocycles. The fraction of sp³-hybridized carbons (Fsp3) is 0.357. The lowest BCUT2D eigenvalue weighted by Crippen LogP contribution is -2.49. The van der Waals surface area contributed by atoms with Crippen molar-refractivity contribution in [3.63, 3.8) is 0 Å². The van der Waals surface area contributed by atoms with Crippen LogP contribution in [-0.4, -0.2) is 36.6 Å². The van der Waals surface area contributed by atoms with E-state index in [-0.39, 0.29) is 17.3 Å². The number of esters is 1. The molecule has 9 heteroatoms. The van der Waals surface area contributed by atoms with Gasteiger partial charge in [0.2, 0.25) is 0 Å². The molecule has 0 saturated heterocycles. The first-order valence-corrected chi connectivity index (χ1v) is 7.04. The highest BCUT2D eigenvalue weighted by atomic mass is 35.5. The van der Waals surface area contributed by atoms with E-state index in [9.17, 15) is 22.4 Å². The average molecular weight is 353 g/mol. The molecule has 2 rings (SSSR count). The van der Waals surface area contributed by atoms with E-state index < -0.39 is 35.7 Å². The van der Waals surface area contributed by atoms with Gasteiger partial charge in [-0.05, 0) is 19.1 Å². The number of hydrogen-bond acceptors (Lipinski definition) is 4. The van der Waals surface area contributed by atoms with Crippen LogP contribution in [0.2, 0.25) is 0 Å². The third kappa shape index (κ3) is 3.28. The van der Waals surface area contributed by atoms with Gasteiger partial charge < -0.3 is 4.74 Å². The zero-order valence-electron chi connectivity index (χ0n) is 11.9. The standard InChI is InChI=1S/C14H13ClF4N2O2/c1-2-23-13(22)9-10(12(16)17)21(14(18)19)20(11(9)15)8-6-4-3-5-7-8/h3-7,10,12,14H,2H2,1H3. The molecule has 0 bridgehead atoms. The average Bonchev–Trinajstić information content (AvgIpc) is 2.82. The van der Waals surface area contributed by atoms with Gasteiger partial charge in [-0.2, -0.15) is 8.78 Å². The summed E-state index contributed by atoms with van der Waals surface area (Å²) in [6.45, 7) is -1.92. The summed E-state index contributed by atoms with van der Waals surface area (Å²) in [5.74, 6) is -1.15. The van der Waals surface area contributed by atoms with Gasteiger partial charge in [-0.15, -0.1) is 5.01 Å². The van der Waals surface area contributed by atoms with Crippen LogP contribution in [0.25, 0.3) is 0 Å². The van der Waals surface area contributed by atoms with Crippen LogP contribution in [0, 0.1) is 0 Å². The number of hydrazine groups is 1. The Labute approximate surface area is 134 Å². The Morgan fingerprint density at radius 1 is 1.26 bits per heavy atom. The second-order valence-electron chi connectivity index (χ2n) is 4.51. The second-order valence-corrected chi connectivity index (χ2v) is 4.87. The van der Waals surface area contributed by atoms with Gasteiger partial charge in [-0.1, -0.05) is 29.8 Å². The SMILES string of the molecule is CCOC(=O)C1=C(Cl)N(c2ccccc2)N(C(F)F)C1C(F)F. The minimum Gasteiger partial charge on any atom is -0.462 e. The Hall–Kier alpha value is -1.80. The molecule has 23 heavy (non-hydrogen) atoms. The second kappa shape index (κ2) is 7.18. The Morgan fingerprint density at radius 3 is 2.35 bits per heavy atom. The van der Waals surface area contributed by atoms with Gasteiger partial charge in [-0.25, -0.2) is 13.6 Å². The van der Waals surface area contributed by atoms with Crippen LogP contribution in [0.5, 0.6) is 0 Å². The predicted molar refractivity (Wildman–Crippen MR) is 76.1 cm³/mol. The van der Waals surface area contributed by atoms with E-state index in [4.69, 9.17) is 11.6 Å². The van der Waals surface area contributed by atoms with Crippen molar-refractivity contribution in [3.05, 3.63) is 41.1 Å². The molecular weight excluding hydrogens is 340 g/mol. The van der Waals surface area contributed by atoms with Crippen molar-refractivity contribution >= 4 is 23.3 Å². The van der Waals surface area contributed by atoms with Gasteiger partial charge in [-0.3, -0.25) is 5.01 Å². The molecule has 0 N–H and O–H groups in total. The van der Waals surface area contributed by atoms with Crippen molar-refractivity contribution in [2.45, 2.75) is 25.9 Å². The number of anilines is 1. The largest absolute Gasteiger partial charge is 0.462 e. The smallest absolute Gasteiger partial charge is 0.339 e. The van der Waals surface area contributed by atoms with Gasteiger partial charge in [0.15, 0.2) is 0 Å². The number of carbonyl (C=O) groups is 1. The molecule has 4 nitrogen and oxygen atoms in total. The number of para-hydroxylation sites is 1. The summed E-state index contributed by atoms with van der Waals surface area (Å²) in [4.78, 5) is 11.9. The third-order valence-electron chi connectivity index (χ3n) is 3.15. The van der Waals surface area contributed by atoms with E-state index in [1.54, 1.807) is 6.07 Å². The lowest BCUT2D eigenvalue weighted by atomic mass is 10.1. The normalized spacial score (nSPS) is 19.1. The zero-order chi connectivity index (χ0) is 17.1. The van der Waals surface area contributed by atoms with Crippen LogP contribution in [-0.2, 0) is 9.53 Å². The van der Waals surface area contributed by atoms with Crippen LogP contribution in [0.3, 0.4) is 0 Å². The van der Waals surface area contributed by atoms with Gasteiger partial charge in [0, 0.05) is 0 Å². The molecule has 1 aliphatic rings. The highest BCUT2D eigenvalue weighted by Gasteiger charge is 2.51. The van der Waals surface area contributed by atoms with Crippen molar-refractivity contribution in [2.75, 3.05) is 11.6 Å². The maximum absolute atomic E-state index is 13.4. The molecule has 1 aliphatic heterocycles. The maximum atomic E-state index is 13.4. The van der Waals surface area contributed by atoms with Crippen LogP contribution in [0.15, 0.2) is 41.1 Å². The summed E-state index contributed by atoms with van der Waals surface area (Å²) >= 11 is 5.98. The number of halogens is 5. The van der Waals surface area contributed by atoms with Gasteiger partial charge in [0.25, 0.3) is 6.43 Å². The van der Waals surface area contributed by atoms with Crippen molar-refractivity contribution in [2.24, 2.45) is 0 Å². The Kier molecular flexibility index (Phi) is 5.48. The van der Waals surface area contributed by atoms with E-state index in [1.165, 1.54) is 31.2 Å². The number of nitrogens with zero attached hydrogens (tertiary/aromatic N) is 2. The van der Waals surface area contributed by atoms with Crippen molar-refractivity contribution in [1.82, 2.24) is 5.01 Å². The topological polar surface area (TPSA) is 32.8 Å². The molecule has 126 valence electrons. The molecular formula is C14H13ClF4N2O2. The van der Waals surface area contributed by atoms with E-state index >= 15 is 0 Å². The quantitative estimate of drug-likeness (QED) is 0.460. The first-order chi connectivity index (χ1) is 10.9. The van der Waals surface area contributed by atoms with Gasteiger partial charge in [0.05, 0.1) is 17.9 Å². The summed E-state index contributed by atoms with van der Waals surface area (Å²) in [6, 6.07) is 5.32. The number of hydrogen-bond donors (Lipinski definition) is 0. The van der Waals surface area contributed by atoms with E-state index in [1.807, 2.05) is 0 Å². The molecule has 0 fully saturated rings. The summed E-state index contributed by atoms with van der Waals surface area (Å²) in [5.41, 5.74) is -0.560. The fourth-order valence-corrected chi connectivity index (χ4v) is 2.65. The number of ether oxygens (including phenoxy) is 1. The van der Waals surface area contributed by atoms with Crippen LogP contribution < -0.4 is 5.01 Å². The van der Waals surface area contributed by atoms with Crippen LogP contribution >= 0.6 is 11.6 Å². The third-order valence-corrected chi connectivity index (χ3v) is 3.52. The molecule has 0 aromatic heterocycles. The molecule has 0 amide bonds. The molecule has 0 spiro atoms. The lowest BCUT2D eigenvalue weighted by molar-refractivity contribution is -0.141. The molecule has 1 atom stereocenters. The van der Waals surface area contributed by atoms with Gasteiger partial charge in [0.1, 0.15) is 11.2 Å². The monoisotopic (exact) mass is 352 g/mol. The number of benzene rings is 1. The fourth-order valence-electron chi connectivity index (χ4n) is 2.27. The zero-order valence-corrected chi connectivity index (χ0v) is 12.7.